The van der Waals surface area contributed by atoms with Gasteiger partial charge in [-0.15, -0.1) is 5.10 Å². The molecule has 0 amide bonds. The van der Waals surface area contributed by atoms with Gasteiger partial charge in [0.2, 0.25) is 5.16 Å². The lowest BCUT2D eigenvalue weighted by Crippen LogP contribution is -2.16. The molecule has 0 N–H and O–H groups in total. The smallest absolute Gasteiger partial charge is 0.216 e. The molecule has 0 spiro atoms. The number of rotatable bonds is 3. The van der Waals surface area contributed by atoms with Crippen LogP contribution in [-0.2, 0) is 4.74 Å². The van der Waals surface area contributed by atoms with Crippen molar-refractivity contribution in [2.45, 2.75) is 29.9 Å². The maximum atomic E-state index is 5.70. The molecule has 1 saturated heterocycles. The molecule has 0 aliphatic carbocycles. The van der Waals surface area contributed by atoms with Crippen LogP contribution in [-0.4, -0.2) is 32.3 Å². The molecular formula is C12H14N4OS. The number of aromatic nitrogens is 4. The highest BCUT2D eigenvalue weighted by molar-refractivity contribution is 7.99. The lowest BCUT2D eigenvalue weighted by atomic mass is 10.2. The van der Waals surface area contributed by atoms with Crippen molar-refractivity contribution < 1.29 is 4.74 Å². The summed E-state index contributed by atoms with van der Waals surface area (Å²) >= 11 is 1.60. The van der Waals surface area contributed by atoms with Crippen LogP contribution < -0.4 is 0 Å². The van der Waals surface area contributed by atoms with Gasteiger partial charge in [0.15, 0.2) is 0 Å². The van der Waals surface area contributed by atoms with E-state index < -0.39 is 0 Å². The summed E-state index contributed by atoms with van der Waals surface area (Å²) in [6, 6.07) is 9.90. The summed E-state index contributed by atoms with van der Waals surface area (Å²) in [5, 5.41) is 12.6. The van der Waals surface area contributed by atoms with Gasteiger partial charge in [-0.3, -0.25) is 0 Å². The van der Waals surface area contributed by atoms with E-state index >= 15 is 0 Å². The highest BCUT2D eigenvalue weighted by Gasteiger charge is 2.19. The molecule has 0 bridgehead atoms. The normalized spacial score (nSPS) is 19.9. The second kappa shape index (κ2) is 5.49. The third-order valence-electron chi connectivity index (χ3n) is 2.82. The van der Waals surface area contributed by atoms with E-state index in [2.05, 4.69) is 15.5 Å². The van der Waals surface area contributed by atoms with E-state index in [0.29, 0.717) is 0 Å². The van der Waals surface area contributed by atoms with Crippen molar-refractivity contribution >= 4 is 11.8 Å². The molecule has 2 aromatic rings. The van der Waals surface area contributed by atoms with Crippen LogP contribution in [0, 0.1) is 0 Å². The molecule has 0 radical (unpaired) electrons. The van der Waals surface area contributed by atoms with Crippen LogP contribution in [0.4, 0.5) is 0 Å². The van der Waals surface area contributed by atoms with Crippen LogP contribution in [0.3, 0.4) is 0 Å². The highest BCUT2D eigenvalue weighted by atomic mass is 32.2. The first-order valence-corrected chi connectivity index (χ1v) is 6.93. The third kappa shape index (κ3) is 2.54. The number of thioether (sulfide) groups is 1. The van der Waals surface area contributed by atoms with Gasteiger partial charge in [-0.1, -0.05) is 30.0 Å². The van der Waals surface area contributed by atoms with Crippen LogP contribution in [0.2, 0.25) is 0 Å². The minimum Gasteiger partial charge on any atom is -0.367 e. The van der Waals surface area contributed by atoms with E-state index in [1.165, 1.54) is 6.42 Å². The van der Waals surface area contributed by atoms with Gasteiger partial charge < -0.3 is 4.74 Å². The van der Waals surface area contributed by atoms with Crippen LogP contribution >= 0.6 is 11.8 Å². The van der Waals surface area contributed by atoms with Crippen LogP contribution in [0.15, 0.2) is 35.5 Å². The Morgan fingerprint density at radius 1 is 1.22 bits per heavy atom. The first-order valence-electron chi connectivity index (χ1n) is 6.05. The molecule has 2 heterocycles. The molecule has 94 valence electrons. The van der Waals surface area contributed by atoms with Gasteiger partial charge in [0.05, 0.1) is 5.69 Å². The summed E-state index contributed by atoms with van der Waals surface area (Å²) in [6.07, 6.45) is 3.43. The summed E-state index contributed by atoms with van der Waals surface area (Å²) in [7, 11) is 0. The molecule has 1 fully saturated rings. The Balaban J connectivity index is 1.79. The lowest BCUT2D eigenvalue weighted by molar-refractivity contribution is 0.0726. The lowest BCUT2D eigenvalue weighted by Gasteiger charge is -2.21. The van der Waals surface area contributed by atoms with Gasteiger partial charge in [-0.25, -0.2) is 0 Å². The van der Waals surface area contributed by atoms with Crippen molar-refractivity contribution in [2.75, 3.05) is 6.61 Å². The standard InChI is InChI=1S/C12H14N4OS/c1-2-6-10(7-3-1)16-12(13-14-15-16)18-11-8-4-5-9-17-11/h1-3,6-7,11H,4-5,8-9H2. The number of benzene rings is 1. The van der Waals surface area contributed by atoms with Gasteiger partial charge in [0.25, 0.3) is 0 Å². The molecule has 1 aromatic heterocycles. The molecule has 3 rings (SSSR count). The fourth-order valence-electron chi connectivity index (χ4n) is 1.91. The van der Waals surface area contributed by atoms with E-state index in [4.69, 9.17) is 4.74 Å². The molecular weight excluding hydrogens is 248 g/mol. The van der Waals surface area contributed by atoms with E-state index in [9.17, 15) is 0 Å². The first-order chi connectivity index (χ1) is 8.93. The number of nitrogens with zero attached hydrogens (tertiary/aromatic N) is 4. The van der Waals surface area contributed by atoms with Crippen molar-refractivity contribution in [3.63, 3.8) is 0 Å². The van der Waals surface area contributed by atoms with E-state index in [1.807, 2.05) is 30.3 Å². The maximum absolute atomic E-state index is 5.70. The summed E-state index contributed by atoms with van der Waals surface area (Å²) in [6.45, 7) is 0.838. The molecule has 5 nitrogen and oxygen atoms in total. The topological polar surface area (TPSA) is 52.8 Å². The van der Waals surface area contributed by atoms with Crippen molar-refractivity contribution in [1.82, 2.24) is 20.2 Å². The number of ether oxygens (including phenoxy) is 1. The Morgan fingerprint density at radius 2 is 2.11 bits per heavy atom. The van der Waals surface area contributed by atoms with Gasteiger partial charge in [0.1, 0.15) is 5.44 Å². The number of tetrazole rings is 1. The monoisotopic (exact) mass is 262 g/mol. The van der Waals surface area contributed by atoms with Crippen molar-refractivity contribution in [2.24, 2.45) is 0 Å². The summed E-state index contributed by atoms with van der Waals surface area (Å²) in [4.78, 5) is 0. The van der Waals surface area contributed by atoms with Crippen molar-refractivity contribution in [1.29, 1.82) is 0 Å². The molecule has 1 aliphatic rings. The quantitative estimate of drug-likeness (QED) is 0.849. The van der Waals surface area contributed by atoms with Gasteiger partial charge in [-0.2, -0.15) is 4.68 Å². The maximum Gasteiger partial charge on any atom is 0.216 e. The van der Waals surface area contributed by atoms with E-state index in [1.54, 1.807) is 16.4 Å². The molecule has 0 saturated carbocycles. The van der Waals surface area contributed by atoms with Gasteiger partial charge >= 0.3 is 0 Å². The average molecular weight is 262 g/mol. The Labute approximate surface area is 110 Å². The summed E-state index contributed by atoms with van der Waals surface area (Å²) in [5.41, 5.74) is 1.15. The first kappa shape index (κ1) is 11.7. The van der Waals surface area contributed by atoms with Crippen molar-refractivity contribution in [3.05, 3.63) is 30.3 Å². The molecule has 1 aliphatic heterocycles. The fourth-order valence-corrected chi connectivity index (χ4v) is 2.91. The Bertz CT molecular complexity index is 496. The molecule has 1 atom stereocenters. The van der Waals surface area contributed by atoms with E-state index in [-0.39, 0.29) is 5.44 Å². The minimum absolute atomic E-state index is 0.173. The van der Waals surface area contributed by atoms with Gasteiger partial charge in [0, 0.05) is 6.61 Å². The fraction of sp³-hybridized carbons (Fsp3) is 0.417. The minimum atomic E-state index is 0.173. The zero-order valence-corrected chi connectivity index (χ0v) is 10.7. The number of hydrogen-bond donors (Lipinski definition) is 0. The number of para-hydroxylation sites is 1. The number of hydrogen-bond acceptors (Lipinski definition) is 5. The highest BCUT2D eigenvalue weighted by Crippen LogP contribution is 2.29. The summed E-state index contributed by atoms with van der Waals surface area (Å²) in [5.74, 6) is 0. The summed E-state index contributed by atoms with van der Waals surface area (Å²) < 4.78 is 7.45. The van der Waals surface area contributed by atoms with Crippen LogP contribution in [0.1, 0.15) is 19.3 Å². The van der Waals surface area contributed by atoms with Crippen molar-refractivity contribution in [3.8, 4) is 5.69 Å². The van der Waals surface area contributed by atoms with Crippen LogP contribution in [0.5, 0.6) is 0 Å². The molecule has 1 unspecified atom stereocenters. The second-order valence-corrected chi connectivity index (χ2v) is 5.25. The zero-order valence-electron chi connectivity index (χ0n) is 9.90. The average Bonchev–Trinajstić information content (AvgIpc) is 2.89. The Hall–Kier alpha value is -1.40. The molecule has 18 heavy (non-hydrogen) atoms. The second-order valence-electron chi connectivity index (χ2n) is 4.12. The Kier molecular flexibility index (Phi) is 3.56. The Morgan fingerprint density at radius 3 is 2.89 bits per heavy atom. The van der Waals surface area contributed by atoms with E-state index in [0.717, 1.165) is 30.3 Å². The zero-order chi connectivity index (χ0) is 12.2. The molecule has 1 aromatic carbocycles. The van der Waals surface area contributed by atoms with Crippen LogP contribution in [0.25, 0.3) is 5.69 Å². The predicted octanol–water partition coefficient (Wildman–Crippen LogP) is 2.28. The predicted molar refractivity (Wildman–Crippen MR) is 68.6 cm³/mol. The van der Waals surface area contributed by atoms with Gasteiger partial charge in [-0.05, 0) is 41.8 Å². The SMILES string of the molecule is c1ccc(-n2nnnc2SC2CCCCO2)cc1. The third-order valence-corrected chi connectivity index (χ3v) is 3.92. The molecule has 6 heteroatoms. The largest absolute Gasteiger partial charge is 0.367 e.